The van der Waals surface area contributed by atoms with E-state index in [-0.39, 0.29) is 0 Å². The van der Waals surface area contributed by atoms with Crippen LogP contribution in [0.4, 0.5) is 0 Å². The molecule has 2 aromatic rings. The molecular formula is C15H15Br. The molecule has 0 nitrogen and oxygen atoms in total. The smallest absolute Gasteiger partial charge is 0.0180 e. The number of hydrogen-bond acceptors (Lipinski definition) is 0. The van der Waals surface area contributed by atoms with Gasteiger partial charge in [-0.05, 0) is 41.7 Å². The van der Waals surface area contributed by atoms with Crippen molar-refractivity contribution in [2.24, 2.45) is 0 Å². The molecule has 0 bridgehead atoms. The molecule has 1 heteroatoms. The van der Waals surface area contributed by atoms with E-state index >= 15 is 0 Å². The van der Waals surface area contributed by atoms with Crippen molar-refractivity contribution in [2.45, 2.75) is 19.8 Å². The molecule has 2 rings (SSSR count). The van der Waals surface area contributed by atoms with Gasteiger partial charge in [-0.25, -0.2) is 0 Å². The van der Waals surface area contributed by atoms with E-state index in [0.717, 1.165) is 12.8 Å². The van der Waals surface area contributed by atoms with Crippen LogP contribution in [0.5, 0.6) is 0 Å². The van der Waals surface area contributed by atoms with Crippen LogP contribution in [0.15, 0.2) is 53.0 Å². The van der Waals surface area contributed by atoms with Crippen LogP contribution in [0.25, 0.3) is 0 Å². The van der Waals surface area contributed by atoms with Gasteiger partial charge < -0.3 is 0 Å². The predicted octanol–water partition coefficient (Wildman–Crippen LogP) is 4.60. The number of hydrogen-bond donors (Lipinski definition) is 0. The lowest BCUT2D eigenvalue weighted by atomic mass is 10.0. The summed E-state index contributed by atoms with van der Waals surface area (Å²) in [4.78, 5) is 0. The van der Waals surface area contributed by atoms with Gasteiger partial charge in [0, 0.05) is 4.47 Å². The molecule has 0 N–H and O–H groups in total. The van der Waals surface area contributed by atoms with Gasteiger partial charge in [-0.3, -0.25) is 0 Å². The van der Waals surface area contributed by atoms with Crippen LogP contribution in [0.1, 0.15) is 23.6 Å². The maximum absolute atomic E-state index is 3.57. The molecule has 0 aliphatic heterocycles. The highest BCUT2D eigenvalue weighted by atomic mass is 79.9. The Hall–Kier alpha value is -1.08. The van der Waals surface area contributed by atoms with Gasteiger partial charge in [0.1, 0.15) is 0 Å². The summed E-state index contributed by atoms with van der Waals surface area (Å²) in [6.07, 6.45) is 2.09. The zero-order chi connectivity index (χ0) is 11.4. The number of aryl methyl sites for hydroxylation is 1. The van der Waals surface area contributed by atoms with E-state index in [1.54, 1.807) is 0 Å². The summed E-state index contributed by atoms with van der Waals surface area (Å²) in [7, 11) is 0. The zero-order valence-electron chi connectivity index (χ0n) is 9.41. The molecule has 0 spiro atoms. The summed E-state index contributed by atoms with van der Waals surface area (Å²) in [5.74, 6) is 0. The average Bonchev–Trinajstić information content (AvgIpc) is 2.29. The number of rotatable bonds is 3. The van der Waals surface area contributed by atoms with E-state index < -0.39 is 0 Å². The van der Waals surface area contributed by atoms with E-state index in [1.807, 2.05) is 0 Å². The first-order chi connectivity index (χ1) is 7.78. The Bertz CT molecular complexity index is 460. The van der Waals surface area contributed by atoms with Gasteiger partial charge in [0.25, 0.3) is 0 Å². The van der Waals surface area contributed by atoms with Crippen molar-refractivity contribution < 1.29 is 0 Å². The fraction of sp³-hybridized carbons (Fsp3) is 0.200. The molecule has 0 heterocycles. The van der Waals surface area contributed by atoms with Gasteiger partial charge >= 0.3 is 0 Å². The van der Waals surface area contributed by atoms with Crippen LogP contribution in [0.3, 0.4) is 0 Å². The zero-order valence-corrected chi connectivity index (χ0v) is 11.0. The lowest BCUT2D eigenvalue weighted by Crippen LogP contribution is -1.90. The summed E-state index contributed by atoms with van der Waals surface area (Å²) < 4.78 is 1.18. The first-order valence-electron chi connectivity index (χ1n) is 5.60. The predicted molar refractivity (Wildman–Crippen MR) is 72.8 cm³/mol. The fourth-order valence-corrected chi connectivity index (χ4v) is 2.44. The summed E-state index contributed by atoms with van der Waals surface area (Å²) >= 11 is 3.57. The van der Waals surface area contributed by atoms with Crippen LogP contribution in [-0.4, -0.2) is 0 Å². The van der Waals surface area contributed by atoms with Gasteiger partial charge in [-0.1, -0.05) is 59.3 Å². The second-order valence-electron chi connectivity index (χ2n) is 3.98. The SMILES string of the molecule is CCc1cc(Br)cc(Cc2ccccc2)c1. The second-order valence-corrected chi connectivity index (χ2v) is 4.90. The van der Waals surface area contributed by atoms with Crippen molar-refractivity contribution in [3.05, 3.63) is 69.7 Å². The number of benzene rings is 2. The average molecular weight is 275 g/mol. The highest BCUT2D eigenvalue weighted by Gasteiger charge is 1.99. The van der Waals surface area contributed by atoms with E-state index in [1.165, 1.54) is 21.2 Å². The lowest BCUT2D eigenvalue weighted by molar-refractivity contribution is 1.10. The quantitative estimate of drug-likeness (QED) is 0.767. The van der Waals surface area contributed by atoms with Crippen molar-refractivity contribution >= 4 is 15.9 Å². The molecule has 82 valence electrons. The molecule has 0 radical (unpaired) electrons. The summed E-state index contributed by atoms with van der Waals surface area (Å²) in [5.41, 5.74) is 4.13. The highest BCUT2D eigenvalue weighted by Crippen LogP contribution is 2.18. The standard InChI is InChI=1S/C15H15Br/c1-2-12-8-14(11-15(16)10-12)9-13-6-4-3-5-7-13/h3-8,10-11H,2,9H2,1H3. The topological polar surface area (TPSA) is 0 Å². The normalized spacial score (nSPS) is 10.4. The van der Waals surface area contributed by atoms with E-state index in [2.05, 4.69) is 71.4 Å². The Kier molecular flexibility index (Phi) is 3.79. The minimum absolute atomic E-state index is 1.01. The third-order valence-electron chi connectivity index (χ3n) is 2.68. The molecule has 0 saturated carbocycles. The molecule has 0 saturated heterocycles. The first-order valence-corrected chi connectivity index (χ1v) is 6.39. The monoisotopic (exact) mass is 274 g/mol. The third-order valence-corrected chi connectivity index (χ3v) is 3.13. The Labute approximate surface area is 105 Å². The van der Waals surface area contributed by atoms with E-state index in [0.29, 0.717) is 0 Å². The summed E-state index contributed by atoms with van der Waals surface area (Å²) in [6.45, 7) is 2.19. The lowest BCUT2D eigenvalue weighted by Gasteiger charge is -2.05. The van der Waals surface area contributed by atoms with Gasteiger partial charge in [-0.15, -0.1) is 0 Å². The van der Waals surface area contributed by atoms with Crippen LogP contribution < -0.4 is 0 Å². The maximum Gasteiger partial charge on any atom is 0.0180 e. The minimum atomic E-state index is 1.01. The Balaban J connectivity index is 2.24. The summed E-state index contributed by atoms with van der Waals surface area (Å²) in [5, 5.41) is 0. The van der Waals surface area contributed by atoms with Gasteiger partial charge in [0.15, 0.2) is 0 Å². The summed E-state index contributed by atoms with van der Waals surface area (Å²) in [6, 6.07) is 17.3. The van der Waals surface area contributed by atoms with Crippen LogP contribution in [0, 0.1) is 0 Å². The van der Waals surface area contributed by atoms with Gasteiger partial charge in [0.2, 0.25) is 0 Å². The molecule has 0 unspecified atom stereocenters. The molecule has 2 aromatic carbocycles. The van der Waals surface area contributed by atoms with Crippen molar-refractivity contribution in [1.82, 2.24) is 0 Å². The Morgan fingerprint density at radius 2 is 1.56 bits per heavy atom. The molecule has 16 heavy (non-hydrogen) atoms. The van der Waals surface area contributed by atoms with Crippen LogP contribution in [-0.2, 0) is 12.8 Å². The third kappa shape index (κ3) is 2.96. The second kappa shape index (κ2) is 5.31. The van der Waals surface area contributed by atoms with Gasteiger partial charge in [0.05, 0.1) is 0 Å². The highest BCUT2D eigenvalue weighted by molar-refractivity contribution is 9.10. The first kappa shape index (κ1) is 11.4. The van der Waals surface area contributed by atoms with E-state index in [9.17, 15) is 0 Å². The van der Waals surface area contributed by atoms with E-state index in [4.69, 9.17) is 0 Å². The molecular weight excluding hydrogens is 260 g/mol. The molecule has 0 fully saturated rings. The largest absolute Gasteiger partial charge is 0.0622 e. The molecule has 0 amide bonds. The Morgan fingerprint density at radius 3 is 2.25 bits per heavy atom. The van der Waals surface area contributed by atoms with Crippen LogP contribution >= 0.6 is 15.9 Å². The molecule has 0 atom stereocenters. The molecule has 0 aliphatic rings. The Morgan fingerprint density at radius 1 is 0.875 bits per heavy atom. The van der Waals surface area contributed by atoms with Gasteiger partial charge in [-0.2, -0.15) is 0 Å². The minimum Gasteiger partial charge on any atom is -0.0622 e. The maximum atomic E-state index is 3.57. The fourth-order valence-electron chi connectivity index (χ4n) is 1.86. The van der Waals surface area contributed by atoms with Crippen LogP contribution in [0.2, 0.25) is 0 Å². The molecule has 0 aromatic heterocycles. The van der Waals surface area contributed by atoms with Crippen molar-refractivity contribution in [2.75, 3.05) is 0 Å². The van der Waals surface area contributed by atoms with Crippen molar-refractivity contribution in [3.8, 4) is 0 Å². The van der Waals surface area contributed by atoms with Crippen molar-refractivity contribution in [1.29, 1.82) is 0 Å². The molecule has 0 aliphatic carbocycles. The van der Waals surface area contributed by atoms with Crippen molar-refractivity contribution in [3.63, 3.8) is 0 Å². The number of halogens is 1.